The summed E-state index contributed by atoms with van der Waals surface area (Å²) in [4.78, 5) is 31.6. The zero-order chi connectivity index (χ0) is 56.3. The van der Waals surface area contributed by atoms with E-state index in [4.69, 9.17) is 5.11 Å². The summed E-state index contributed by atoms with van der Waals surface area (Å²) in [5, 5.41) is 8.36. The molecular formula is C70H61Ir3N8O2OsRh-4. The number of aliphatic hydroxyl groups is 1. The summed E-state index contributed by atoms with van der Waals surface area (Å²) in [7, 11) is 1.98. The van der Waals surface area contributed by atoms with Crippen molar-refractivity contribution in [3.05, 3.63) is 309 Å². The number of carbonyl (C=O) groups excluding carboxylic acids is 1. The summed E-state index contributed by atoms with van der Waals surface area (Å²) in [6, 6.07) is 81.5. The van der Waals surface area contributed by atoms with Gasteiger partial charge in [0.25, 0.3) is 0 Å². The number of carbonyl (C=O) groups is 1. The van der Waals surface area contributed by atoms with Crippen molar-refractivity contribution in [2.45, 2.75) is 34.6 Å². The zero-order valence-electron chi connectivity index (χ0n) is 47.4. The second-order valence-electron chi connectivity index (χ2n) is 17.9. The van der Waals surface area contributed by atoms with E-state index in [1.807, 2.05) is 219 Å². The Morgan fingerprint density at radius 3 is 1.16 bits per heavy atom. The van der Waals surface area contributed by atoms with Gasteiger partial charge in [0.15, 0.2) is 5.78 Å². The molecule has 5 aromatic heterocycles. The van der Waals surface area contributed by atoms with Crippen molar-refractivity contribution in [2.24, 2.45) is 7.05 Å². The van der Waals surface area contributed by atoms with Gasteiger partial charge in [-0.3, -0.25) is 19.7 Å². The van der Waals surface area contributed by atoms with E-state index < -0.39 is 0 Å². The fraction of sp³-hybridized carbons (Fsp3) is 0.0857. The van der Waals surface area contributed by atoms with Crippen LogP contribution in [-0.4, -0.2) is 49.5 Å². The number of aryl methyl sites for hydroxylation is 4. The Hall–Kier alpha value is -7.11. The van der Waals surface area contributed by atoms with E-state index in [-0.39, 0.29) is 111 Å². The standard InChI is InChI=1S/C18H17N2.C15H11N2.2C11H8N.C10H9N2.C5H8O2.3Ir.Os.Rh/c1-13-11-14(2)17(15(3)12-13)20-10-9-19-18(20)16-7-5-4-6-8-16;1-3-7-13(8-4-1)15-16-11-12-17(15)14-9-5-2-6-10-14;2*1-2-6-10(7-3-1)11-8-4-5-9-12-11;1-12-8-7-11-10(12)9-5-3-2-4-6-9;1-4(6)3-5(2)7;;;;;/h4-7,9-12H,1-3H3;1-7,9-12H;2*1-6,8-9H;2-5,7-8H,1H3;3,6H,1-2H3;;;;;/q5*-1;;;;;+1;. The van der Waals surface area contributed by atoms with Crippen LogP contribution in [0.3, 0.4) is 0 Å². The Morgan fingerprint density at radius 1 is 0.447 bits per heavy atom. The van der Waals surface area contributed by atoms with Crippen molar-refractivity contribution in [3.8, 4) is 68.1 Å². The zero-order valence-corrected chi connectivity index (χ0v) is 58.7. The minimum Gasteiger partial charge on any atom is -0.512 e. The molecule has 0 amide bonds. The van der Waals surface area contributed by atoms with E-state index in [0.29, 0.717) is 0 Å². The van der Waals surface area contributed by atoms with E-state index in [1.165, 1.54) is 42.3 Å². The normalized spacial score (nSPS) is 9.69. The summed E-state index contributed by atoms with van der Waals surface area (Å²) in [5.41, 5.74) is 13.2. The van der Waals surface area contributed by atoms with Gasteiger partial charge in [0.05, 0.1) is 23.2 Å². The van der Waals surface area contributed by atoms with Crippen LogP contribution in [0.5, 0.6) is 0 Å². The quantitative estimate of drug-likeness (QED) is 0.0697. The molecule has 441 valence electrons. The van der Waals surface area contributed by atoms with E-state index in [2.05, 4.69) is 109 Å². The fourth-order valence-electron chi connectivity index (χ4n) is 8.20. The number of aromatic nitrogens is 8. The number of hydrogen-bond acceptors (Lipinski definition) is 7. The first-order valence-electron chi connectivity index (χ1n) is 25.8. The van der Waals surface area contributed by atoms with Gasteiger partial charge in [0.1, 0.15) is 0 Å². The van der Waals surface area contributed by atoms with Crippen LogP contribution in [0.2, 0.25) is 0 Å². The molecule has 0 aliphatic rings. The molecule has 0 bridgehead atoms. The molecule has 0 aliphatic carbocycles. The Kier molecular flexibility index (Phi) is 35.0. The molecule has 0 unspecified atom stereocenters. The number of nitrogens with zero attached hydrogens (tertiary/aromatic N) is 8. The average Bonchev–Trinajstić information content (AvgIpc) is 4.53. The summed E-state index contributed by atoms with van der Waals surface area (Å²) in [5.74, 6) is 2.74. The van der Waals surface area contributed by atoms with Gasteiger partial charge in [0.2, 0.25) is 0 Å². The molecule has 12 rings (SSSR count). The number of benzene rings is 7. The third-order valence-electron chi connectivity index (χ3n) is 11.6. The average molecular weight is 1920 g/mol. The van der Waals surface area contributed by atoms with E-state index >= 15 is 0 Å². The van der Waals surface area contributed by atoms with Gasteiger partial charge in [-0.1, -0.05) is 60.2 Å². The number of aliphatic hydroxyl groups excluding tert-OH is 1. The molecule has 12 aromatic rings. The Bertz CT molecular complexity index is 3520. The second kappa shape index (κ2) is 40.2. The van der Waals surface area contributed by atoms with Crippen molar-refractivity contribution in [1.82, 2.24) is 38.6 Å². The van der Waals surface area contributed by atoms with Crippen LogP contribution in [0.4, 0.5) is 0 Å². The number of pyridine rings is 2. The van der Waals surface area contributed by atoms with Crippen LogP contribution in [-0.2, 0) is 111 Å². The van der Waals surface area contributed by atoms with Crippen molar-refractivity contribution in [1.29, 1.82) is 0 Å². The van der Waals surface area contributed by atoms with Crippen LogP contribution in [0.15, 0.2) is 262 Å². The molecule has 0 spiro atoms. The van der Waals surface area contributed by atoms with Gasteiger partial charge >= 0.3 is 19.8 Å². The third kappa shape index (κ3) is 23.7. The number of imidazole rings is 3. The van der Waals surface area contributed by atoms with Gasteiger partial charge in [-0.15, -0.1) is 179 Å². The maximum atomic E-state index is 10.0. The molecule has 0 saturated heterocycles. The maximum Gasteiger partial charge on any atom is 1.00 e. The molecule has 5 heterocycles. The largest absolute Gasteiger partial charge is 1.00 e. The second-order valence-corrected chi connectivity index (χ2v) is 17.9. The Balaban J connectivity index is 0.000000352. The number of rotatable bonds is 8. The number of para-hydroxylation sites is 1. The Labute approximate surface area is 566 Å². The minimum atomic E-state index is -0.125. The first-order valence-corrected chi connectivity index (χ1v) is 25.8. The molecule has 85 heavy (non-hydrogen) atoms. The van der Waals surface area contributed by atoms with E-state index in [9.17, 15) is 4.79 Å². The number of ketones is 1. The first-order chi connectivity index (χ1) is 39.0. The van der Waals surface area contributed by atoms with Gasteiger partial charge in [-0.25, -0.2) is 0 Å². The molecule has 7 aromatic carbocycles. The van der Waals surface area contributed by atoms with Crippen LogP contribution in [0.1, 0.15) is 30.5 Å². The van der Waals surface area contributed by atoms with Gasteiger partial charge in [-0.05, 0) is 81.4 Å². The van der Waals surface area contributed by atoms with Gasteiger partial charge in [-0.2, -0.15) is 0 Å². The molecule has 10 nitrogen and oxygen atoms in total. The van der Waals surface area contributed by atoms with E-state index in [0.717, 1.165) is 62.4 Å². The van der Waals surface area contributed by atoms with Gasteiger partial charge in [0, 0.05) is 154 Å². The topological polar surface area (TPSA) is 117 Å². The summed E-state index contributed by atoms with van der Waals surface area (Å²) < 4.78 is 6.19. The predicted molar refractivity (Wildman–Crippen MR) is 321 cm³/mol. The predicted octanol–water partition coefficient (Wildman–Crippen LogP) is 15.6. The molecule has 0 atom stereocenters. The Morgan fingerprint density at radius 2 is 0.812 bits per heavy atom. The third-order valence-corrected chi connectivity index (χ3v) is 11.6. The molecule has 1 N–H and O–H groups in total. The summed E-state index contributed by atoms with van der Waals surface area (Å²) in [6.07, 6.45) is 16.1. The molecule has 15 heteroatoms. The van der Waals surface area contributed by atoms with Crippen molar-refractivity contribution in [3.63, 3.8) is 0 Å². The maximum absolute atomic E-state index is 10.0. The summed E-state index contributed by atoms with van der Waals surface area (Å²) >= 11 is 0. The van der Waals surface area contributed by atoms with E-state index in [1.54, 1.807) is 18.6 Å². The van der Waals surface area contributed by atoms with Crippen LogP contribution < -0.4 is 0 Å². The molecule has 0 fully saturated rings. The smallest absolute Gasteiger partial charge is 0.512 e. The fourth-order valence-corrected chi connectivity index (χ4v) is 8.20. The molecule has 5 radical (unpaired) electrons. The molecule has 0 saturated carbocycles. The van der Waals surface area contributed by atoms with Gasteiger partial charge < -0.3 is 28.8 Å². The minimum absolute atomic E-state index is 0. The molecule has 0 aliphatic heterocycles. The number of hydrogen-bond donors (Lipinski definition) is 1. The van der Waals surface area contributed by atoms with Crippen molar-refractivity contribution >= 4 is 5.78 Å². The number of allylic oxidation sites excluding steroid dienone is 2. The first kappa shape index (κ1) is 74.0. The van der Waals surface area contributed by atoms with Crippen LogP contribution >= 0.6 is 0 Å². The van der Waals surface area contributed by atoms with Crippen LogP contribution in [0, 0.1) is 51.1 Å². The van der Waals surface area contributed by atoms with Crippen molar-refractivity contribution in [2.75, 3.05) is 0 Å². The SMILES string of the molecule is CC(=O)C=C(C)O.Cc1cc(C)c(-n2ccnc2-c2[c-]cccc2)c(C)c1.Cn1ccnc1-c1[c-]cccc1.[Ir].[Ir].[Ir].[Os+].[Rh].[c-]1ccccc1-c1ccccn1.[c-]1ccccc1-c1ccccn1.[c-]1ccccc1-c1nccn1-c1ccccc1. The molecular weight excluding hydrogens is 1850 g/mol. The van der Waals surface area contributed by atoms with Crippen LogP contribution in [0.25, 0.3) is 68.1 Å². The summed E-state index contributed by atoms with van der Waals surface area (Å²) in [6.45, 7) is 9.27. The monoisotopic (exact) mass is 1920 g/mol. The van der Waals surface area contributed by atoms with Crippen molar-refractivity contribution < 1.29 is 109 Å².